The van der Waals surface area contributed by atoms with Gasteiger partial charge in [0.2, 0.25) is 0 Å². The summed E-state index contributed by atoms with van der Waals surface area (Å²) < 4.78 is 0. The van der Waals surface area contributed by atoms with Crippen LogP contribution in [0.15, 0.2) is 0 Å². The summed E-state index contributed by atoms with van der Waals surface area (Å²) in [6.45, 7) is 26.7. The maximum atomic E-state index is 2.95. The van der Waals surface area contributed by atoms with Gasteiger partial charge in [-0.15, -0.1) is 0 Å². The molecule has 1 heterocycles. The van der Waals surface area contributed by atoms with Gasteiger partial charge in [0.25, 0.3) is 0 Å². The molecule has 1 aromatic rings. The van der Waals surface area contributed by atoms with Crippen molar-refractivity contribution in [3.05, 3.63) is 33.4 Å². The molecule has 6 atom stereocenters. The Bertz CT molecular complexity index is 737. The quantitative estimate of drug-likeness (QED) is 0.589. The largest absolute Gasteiger partial charge is 0.301 e. The number of rotatable bonds is 2. The molecule has 1 saturated heterocycles. The van der Waals surface area contributed by atoms with Crippen LogP contribution in [0.1, 0.15) is 80.8 Å². The molecule has 1 aliphatic carbocycles. The molecule has 6 unspecified atom stereocenters. The molecule has 2 nitrogen and oxygen atoms in total. The third-order valence-corrected chi connectivity index (χ3v) is 9.94. The molecule has 2 fully saturated rings. The maximum Gasteiger partial charge on any atom is 0.0498 e. The zero-order chi connectivity index (χ0) is 21.8. The van der Waals surface area contributed by atoms with Crippen LogP contribution in [0.3, 0.4) is 0 Å². The highest BCUT2D eigenvalue weighted by Gasteiger charge is 2.53. The lowest BCUT2D eigenvalue weighted by molar-refractivity contribution is -0.0987. The molecular weight excluding hydrogens is 352 g/mol. The summed E-state index contributed by atoms with van der Waals surface area (Å²) >= 11 is 0. The van der Waals surface area contributed by atoms with Gasteiger partial charge in [0, 0.05) is 30.7 Å². The zero-order valence-electron chi connectivity index (χ0n) is 21.1. The molecule has 164 valence electrons. The zero-order valence-corrected chi connectivity index (χ0v) is 21.1. The predicted molar refractivity (Wildman–Crippen MR) is 127 cm³/mol. The molecule has 1 saturated carbocycles. The molecule has 29 heavy (non-hydrogen) atoms. The van der Waals surface area contributed by atoms with E-state index in [4.69, 9.17) is 0 Å². The second-order valence-electron chi connectivity index (χ2n) is 10.7. The number of hydrogen-bond acceptors (Lipinski definition) is 2. The Morgan fingerprint density at radius 2 is 1.24 bits per heavy atom. The van der Waals surface area contributed by atoms with Gasteiger partial charge in [0.05, 0.1) is 0 Å². The number of likely N-dealkylation sites (N-methyl/N-ethyl adjacent to an activating group) is 1. The molecular formula is C27H46N2. The maximum absolute atomic E-state index is 2.95. The first-order valence-corrected chi connectivity index (χ1v) is 12.0. The molecule has 0 amide bonds. The second kappa shape index (κ2) is 8.00. The lowest BCUT2D eigenvalue weighted by atomic mass is 9.58. The van der Waals surface area contributed by atoms with Gasteiger partial charge in [-0.2, -0.15) is 0 Å². The van der Waals surface area contributed by atoms with Gasteiger partial charge in [-0.25, -0.2) is 0 Å². The van der Waals surface area contributed by atoms with Gasteiger partial charge in [0.1, 0.15) is 0 Å². The number of hydrogen-bond donors (Lipinski definition) is 0. The van der Waals surface area contributed by atoms with E-state index in [2.05, 4.69) is 86.1 Å². The monoisotopic (exact) mass is 398 g/mol. The van der Waals surface area contributed by atoms with Crippen LogP contribution in [0, 0.1) is 52.4 Å². The number of nitrogens with zero attached hydrogens (tertiary/aromatic N) is 2. The van der Waals surface area contributed by atoms with E-state index in [0.29, 0.717) is 18.0 Å². The number of benzene rings is 1. The average Bonchev–Trinajstić information content (AvgIpc) is 2.69. The van der Waals surface area contributed by atoms with E-state index in [1.807, 2.05) is 0 Å². The molecule has 0 bridgehead atoms. The van der Waals surface area contributed by atoms with Gasteiger partial charge in [-0.05, 0) is 119 Å². The highest BCUT2D eigenvalue weighted by atomic mass is 15.3. The first-order chi connectivity index (χ1) is 13.5. The van der Waals surface area contributed by atoms with Crippen LogP contribution in [0.5, 0.6) is 0 Å². The summed E-state index contributed by atoms with van der Waals surface area (Å²) in [4.78, 5) is 5.51. The van der Waals surface area contributed by atoms with Gasteiger partial charge in [-0.1, -0.05) is 20.8 Å². The van der Waals surface area contributed by atoms with Gasteiger partial charge >= 0.3 is 0 Å². The van der Waals surface area contributed by atoms with Crippen molar-refractivity contribution in [2.75, 3.05) is 20.1 Å². The Hall–Kier alpha value is -0.860. The fraction of sp³-hybridized carbons (Fsp3) is 0.778. The summed E-state index contributed by atoms with van der Waals surface area (Å²) in [6, 6.07) is 1.16. The summed E-state index contributed by atoms with van der Waals surface area (Å²) in [6.07, 6.45) is 2.63. The van der Waals surface area contributed by atoms with Crippen molar-refractivity contribution in [1.82, 2.24) is 9.80 Å². The van der Waals surface area contributed by atoms with Crippen molar-refractivity contribution < 1.29 is 0 Å². The third kappa shape index (κ3) is 3.30. The van der Waals surface area contributed by atoms with E-state index in [9.17, 15) is 0 Å². The summed E-state index contributed by atoms with van der Waals surface area (Å²) in [7, 11) is 2.30. The Kier molecular flexibility index (Phi) is 6.30. The molecule has 1 aliphatic heterocycles. The van der Waals surface area contributed by atoms with Crippen molar-refractivity contribution in [2.45, 2.75) is 99.7 Å². The molecule has 1 aromatic carbocycles. The van der Waals surface area contributed by atoms with E-state index in [1.165, 1.54) is 42.6 Å². The van der Waals surface area contributed by atoms with Crippen LogP contribution < -0.4 is 0 Å². The lowest BCUT2D eigenvalue weighted by Gasteiger charge is -2.60. The Morgan fingerprint density at radius 1 is 0.724 bits per heavy atom. The molecule has 0 radical (unpaired) electrons. The standard InChI is InChI=1S/C27H46N2/c1-16-12-13-27(23(8)17(16)2,29-15-14-28(11)24(9)25(29)10)26-21(6)19(4)18(3)20(5)22(26)7/h16-17,23-25H,12-15H2,1-11H3. The van der Waals surface area contributed by atoms with E-state index in [1.54, 1.807) is 16.7 Å². The lowest BCUT2D eigenvalue weighted by Crippen LogP contribution is -2.66. The van der Waals surface area contributed by atoms with Crippen LogP contribution in [0.2, 0.25) is 0 Å². The molecule has 0 aromatic heterocycles. The first-order valence-electron chi connectivity index (χ1n) is 12.0. The van der Waals surface area contributed by atoms with Crippen molar-refractivity contribution in [3.8, 4) is 0 Å². The molecule has 2 heteroatoms. The topological polar surface area (TPSA) is 6.48 Å². The Morgan fingerprint density at radius 3 is 1.79 bits per heavy atom. The van der Waals surface area contributed by atoms with E-state index in [0.717, 1.165) is 11.8 Å². The minimum absolute atomic E-state index is 0.151. The highest BCUT2D eigenvalue weighted by Crippen LogP contribution is 2.54. The van der Waals surface area contributed by atoms with E-state index < -0.39 is 0 Å². The smallest absolute Gasteiger partial charge is 0.0498 e. The minimum Gasteiger partial charge on any atom is -0.301 e. The van der Waals surface area contributed by atoms with Crippen molar-refractivity contribution in [2.24, 2.45) is 17.8 Å². The SMILES string of the molecule is Cc1c(C)c(C)c(C2(N3CCN(C)C(C)C3C)CCC(C)C(C)C2C)c(C)c1C. The van der Waals surface area contributed by atoms with E-state index >= 15 is 0 Å². The Balaban J connectivity index is 2.29. The fourth-order valence-electron chi connectivity index (χ4n) is 6.78. The van der Waals surface area contributed by atoms with Crippen molar-refractivity contribution >= 4 is 0 Å². The molecule has 2 aliphatic rings. The van der Waals surface area contributed by atoms with Crippen molar-refractivity contribution in [3.63, 3.8) is 0 Å². The van der Waals surface area contributed by atoms with Gasteiger partial charge < -0.3 is 4.90 Å². The average molecular weight is 399 g/mol. The van der Waals surface area contributed by atoms with Crippen LogP contribution in [-0.4, -0.2) is 42.0 Å². The second-order valence-corrected chi connectivity index (χ2v) is 10.7. The summed E-state index contributed by atoms with van der Waals surface area (Å²) in [5, 5.41) is 0. The summed E-state index contributed by atoms with van der Waals surface area (Å²) in [5.74, 6) is 2.21. The summed E-state index contributed by atoms with van der Waals surface area (Å²) in [5.41, 5.74) is 9.44. The van der Waals surface area contributed by atoms with Crippen molar-refractivity contribution in [1.29, 1.82) is 0 Å². The van der Waals surface area contributed by atoms with Crippen LogP contribution in [0.25, 0.3) is 0 Å². The normalized spacial score (nSPS) is 37.1. The molecule has 0 N–H and O–H groups in total. The molecule has 0 spiro atoms. The van der Waals surface area contributed by atoms with E-state index in [-0.39, 0.29) is 5.54 Å². The van der Waals surface area contributed by atoms with Crippen LogP contribution in [0.4, 0.5) is 0 Å². The Labute approximate surface area is 181 Å². The fourth-order valence-corrected chi connectivity index (χ4v) is 6.78. The predicted octanol–water partition coefficient (Wildman–Crippen LogP) is 6.15. The number of piperazine rings is 1. The first kappa shape index (κ1) is 22.8. The van der Waals surface area contributed by atoms with Crippen LogP contribution >= 0.6 is 0 Å². The minimum atomic E-state index is 0.151. The third-order valence-electron chi connectivity index (χ3n) is 9.94. The van der Waals surface area contributed by atoms with Gasteiger partial charge in [0.15, 0.2) is 0 Å². The van der Waals surface area contributed by atoms with Gasteiger partial charge in [-0.3, -0.25) is 4.90 Å². The van der Waals surface area contributed by atoms with Crippen LogP contribution in [-0.2, 0) is 5.54 Å². The molecule has 3 rings (SSSR count). The highest BCUT2D eigenvalue weighted by molar-refractivity contribution is 5.53.